The molecule has 0 saturated carbocycles. The van der Waals surface area contributed by atoms with Crippen molar-refractivity contribution in [3.8, 4) is 0 Å². The normalized spacial score (nSPS) is 10.5. The molecule has 0 fully saturated rings. The Labute approximate surface area is 185 Å². The number of nitrogens with zero attached hydrogens (tertiary/aromatic N) is 1. The summed E-state index contributed by atoms with van der Waals surface area (Å²) in [4.78, 5) is 41.4. The molecule has 0 unspecified atom stereocenters. The molecule has 1 aromatic heterocycles. The van der Waals surface area contributed by atoms with Crippen LogP contribution in [0.5, 0.6) is 0 Å². The van der Waals surface area contributed by atoms with Gasteiger partial charge in [-0.2, -0.15) is 0 Å². The molecular weight excluding hydrogens is 412 g/mol. The predicted octanol–water partition coefficient (Wildman–Crippen LogP) is 4.51. The molecule has 1 N–H and O–H groups in total. The average molecular weight is 436 g/mol. The SMILES string of the molecule is CCCOC(=O)c1cccc(Nc2c(C(=O)OCC)cnc3c(C(=O)OC)cccc23)c1. The van der Waals surface area contributed by atoms with Gasteiger partial charge in [0.15, 0.2) is 0 Å². The standard InChI is InChI=1S/C24H24N2O6/c1-4-12-32-22(27)15-8-6-9-16(13-15)26-21-17-10-7-11-18(23(28)30-3)20(17)25-14-19(21)24(29)31-5-2/h6-11,13-14H,4-5,12H2,1-3H3,(H,25,26). The third-order valence-electron chi connectivity index (χ3n) is 4.60. The van der Waals surface area contributed by atoms with E-state index >= 15 is 0 Å². The van der Waals surface area contributed by atoms with Gasteiger partial charge in [0.05, 0.1) is 42.7 Å². The number of carbonyl (C=O) groups excluding carboxylic acids is 3. The second kappa shape index (κ2) is 10.4. The molecule has 8 heteroatoms. The van der Waals surface area contributed by atoms with Gasteiger partial charge in [-0.25, -0.2) is 14.4 Å². The van der Waals surface area contributed by atoms with Crippen molar-refractivity contribution >= 4 is 40.2 Å². The van der Waals surface area contributed by atoms with Gasteiger partial charge in [0.25, 0.3) is 0 Å². The highest BCUT2D eigenvalue weighted by molar-refractivity contribution is 6.11. The summed E-state index contributed by atoms with van der Waals surface area (Å²) in [5.41, 5.74) is 2.15. The van der Waals surface area contributed by atoms with Crippen LogP contribution >= 0.6 is 0 Å². The fraction of sp³-hybridized carbons (Fsp3) is 0.250. The van der Waals surface area contributed by atoms with Gasteiger partial charge < -0.3 is 19.5 Å². The molecule has 0 aliphatic rings. The highest BCUT2D eigenvalue weighted by Gasteiger charge is 2.21. The number of carbonyl (C=O) groups is 3. The van der Waals surface area contributed by atoms with Gasteiger partial charge >= 0.3 is 17.9 Å². The van der Waals surface area contributed by atoms with Crippen molar-refractivity contribution in [1.82, 2.24) is 4.98 Å². The number of hydrogen-bond donors (Lipinski definition) is 1. The number of para-hydroxylation sites is 1. The number of esters is 3. The molecule has 0 radical (unpaired) electrons. The van der Waals surface area contributed by atoms with Crippen LogP contribution in [0.2, 0.25) is 0 Å². The topological polar surface area (TPSA) is 104 Å². The fourth-order valence-electron chi connectivity index (χ4n) is 3.14. The van der Waals surface area contributed by atoms with Crippen LogP contribution in [-0.4, -0.2) is 43.2 Å². The molecule has 32 heavy (non-hydrogen) atoms. The molecule has 0 aliphatic carbocycles. The van der Waals surface area contributed by atoms with Crippen LogP contribution in [0, 0.1) is 0 Å². The van der Waals surface area contributed by atoms with Crippen molar-refractivity contribution in [3.05, 3.63) is 65.4 Å². The molecule has 8 nitrogen and oxygen atoms in total. The van der Waals surface area contributed by atoms with Crippen molar-refractivity contribution in [2.45, 2.75) is 20.3 Å². The molecule has 166 valence electrons. The first-order chi connectivity index (χ1) is 15.5. The van der Waals surface area contributed by atoms with E-state index in [2.05, 4.69) is 10.3 Å². The quantitative estimate of drug-likeness (QED) is 0.406. The molecule has 0 saturated heterocycles. The number of methoxy groups -OCH3 is 1. The molecule has 2 aromatic carbocycles. The summed E-state index contributed by atoms with van der Waals surface area (Å²) in [6.45, 7) is 4.14. The van der Waals surface area contributed by atoms with E-state index in [-0.39, 0.29) is 17.7 Å². The lowest BCUT2D eigenvalue weighted by atomic mass is 10.0. The van der Waals surface area contributed by atoms with E-state index in [9.17, 15) is 14.4 Å². The third kappa shape index (κ3) is 4.85. The zero-order valence-corrected chi connectivity index (χ0v) is 18.1. The first kappa shape index (κ1) is 22.7. The van der Waals surface area contributed by atoms with Gasteiger partial charge in [-0.1, -0.05) is 25.1 Å². The Bertz CT molecular complexity index is 1160. The van der Waals surface area contributed by atoms with Crippen molar-refractivity contribution in [1.29, 1.82) is 0 Å². The van der Waals surface area contributed by atoms with Crippen LogP contribution < -0.4 is 5.32 Å². The van der Waals surface area contributed by atoms with Gasteiger partial charge in [0, 0.05) is 17.3 Å². The average Bonchev–Trinajstić information content (AvgIpc) is 2.82. The van der Waals surface area contributed by atoms with Crippen molar-refractivity contribution < 1.29 is 28.6 Å². The number of aromatic nitrogens is 1. The minimum Gasteiger partial charge on any atom is -0.465 e. The van der Waals surface area contributed by atoms with Crippen LogP contribution in [0.25, 0.3) is 10.9 Å². The Hall–Kier alpha value is -3.94. The van der Waals surface area contributed by atoms with E-state index in [0.29, 0.717) is 34.4 Å². The third-order valence-corrected chi connectivity index (χ3v) is 4.60. The van der Waals surface area contributed by atoms with E-state index in [1.165, 1.54) is 13.3 Å². The Morgan fingerprint density at radius 1 is 0.938 bits per heavy atom. The van der Waals surface area contributed by atoms with Crippen LogP contribution in [0.15, 0.2) is 48.7 Å². The number of ether oxygens (including phenoxy) is 3. The monoisotopic (exact) mass is 436 g/mol. The number of rotatable bonds is 8. The summed E-state index contributed by atoms with van der Waals surface area (Å²) in [5, 5.41) is 3.72. The first-order valence-electron chi connectivity index (χ1n) is 10.2. The minimum absolute atomic E-state index is 0.192. The predicted molar refractivity (Wildman–Crippen MR) is 119 cm³/mol. The van der Waals surface area contributed by atoms with E-state index in [0.717, 1.165) is 6.42 Å². The number of benzene rings is 2. The van der Waals surface area contributed by atoms with Crippen LogP contribution in [0.4, 0.5) is 11.4 Å². The Morgan fingerprint density at radius 3 is 2.44 bits per heavy atom. The van der Waals surface area contributed by atoms with Gasteiger partial charge in [-0.3, -0.25) is 4.98 Å². The molecular formula is C24H24N2O6. The number of fused-ring (bicyclic) bond motifs is 1. The molecule has 1 heterocycles. The fourth-order valence-corrected chi connectivity index (χ4v) is 3.14. The van der Waals surface area contributed by atoms with E-state index in [1.807, 2.05) is 6.92 Å². The van der Waals surface area contributed by atoms with E-state index in [1.54, 1.807) is 49.4 Å². The zero-order chi connectivity index (χ0) is 23.1. The largest absolute Gasteiger partial charge is 0.465 e. The number of anilines is 2. The van der Waals surface area contributed by atoms with Crippen molar-refractivity contribution in [2.75, 3.05) is 25.6 Å². The Morgan fingerprint density at radius 2 is 1.72 bits per heavy atom. The molecule has 0 spiro atoms. The van der Waals surface area contributed by atoms with Crippen molar-refractivity contribution in [3.63, 3.8) is 0 Å². The summed E-state index contributed by atoms with van der Waals surface area (Å²) in [6, 6.07) is 11.7. The summed E-state index contributed by atoms with van der Waals surface area (Å²) in [7, 11) is 1.29. The van der Waals surface area contributed by atoms with Gasteiger partial charge in [-0.05, 0) is 37.6 Å². The Balaban J connectivity index is 2.11. The molecule has 3 rings (SSSR count). The van der Waals surface area contributed by atoms with Gasteiger partial charge in [0.2, 0.25) is 0 Å². The summed E-state index contributed by atoms with van der Waals surface area (Å²) in [6.07, 6.45) is 2.08. The van der Waals surface area contributed by atoms with Gasteiger partial charge in [0.1, 0.15) is 5.56 Å². The van der Waals surface area contributed by atoms with E-state index in [4.69, 9.17) is 14.2 Å². The van der Waals surface area contributed by atoms with E-state index < -0.39 is 17.9 Å². The smallest absolute Gasteiger partial charge is 0.341 e. The second-order valence-electron chi connectivity index (χ2n) is 6.80. The van der Waals surface area contributed by atoms with Crippen molar-refractivity contribution in [2.24, 2.45) is 0 Å². The van der Waals surface area contributed by atoms with Crippen LogP contribution in [-0.2, 0) is 14.2 Å². The van der Waals surface area contributed by atoms with Gasteiger partial charge in [-0.15, -0.1) is 0 Å². The lowest BCUT2D eigenvalue weighted by Gasteiger charge is -2.15. The second-order valence-corrected chi connectivity index (χ2v) is 6.80. The highest BCUT2D eigenvalue weighted by Crippen LogP contribution is 2.32. The van der Waals surface area contributed by atoms with Crippen LogP contribution in [0.3, 0.4) is 0 Å². The summed E-state index contributed by atoms with van der Waals surface area (Å²) >= 11 is 0. The number of pyridine rings is 1. The molecule has 0 amide bonds. The highest BCUT2D eigenvalue weighted by atomic mass is 16.5. The number of hydrogen-bond acceptors (Lipinski definition) is 8. The maximum atomic E-state index is 12.6. The lowest BCUT2D eigenvalue weighted by Crippen LogP contribution is -2.11. The first-order valence-corrected chi connectivity index (χ1v) is 10.2. The molecule has 3 aromatic rings. The summed E-state index contributed by atoms with van der Waals surface area (Å²) < 4.78 is 15.2. The minimum atomic E-state index is -0.564. The number of nitrogens with one attached hydrogen (secondary N) is 1. The Kier molecular flexibility index (Phi) is 7.38. The lowest BCUT2D eigenvalue weighted by molar-refractivity contribution is 0.0501. The summed E-state index contributed by atoms with van der Waals surface area (Å²) in [5.74, 6) is -1.54. The molecule has 0 aliphatic heterocycles. The maximum Gasteiger partial charge on any atom is 0.341 e. The molecule has 0 bridgehead atoms. The molecule has 0 atom stereocenters. The zero-order valence-electron chi connectivity index (χ0n) is 18.1. The maximum absolute atomic E-state index is 12.6. The van der Waals surface area contributed by atoms with Crippen LogP contribution in [0.1, 0.15) is 51.3 Å².